The van der Waals surface area contributed by atoms with Crippen molar-refractivity contribution in [3.63, 3.8) is 0 Å². The summed E-state index contributed by atoms with van der Waals surface area (Å²) in [6.45, 7) is 5.26. The van der Waals surface area contributed by atoms with E-state index >= 15 is 0 Å². The Morgan fingerprint density at radius 3 is 2.19 bits per heavy atom. The first-order chi connectivity index (χ1) is 15.3. The zero-order valence-corrected chi connectivity index (χ0v) is 18.2. The third-order valence-corrected chi connectivity index (χ3v) is 5.08. The molecule has 4 nitrogen and oxygen atoms in total. The van der Waals surface area contributed by atoms with Gasteiger partial charge in [0, 0.05) is 31.0 Å². The first-order valence-electron chi connectivity index (χ1n) is 10.8. The molecule has 2 aromatic carbocycles. The number of aromatic nitrogens is 2. The summed E-state index contributed by atoms with van der Waals surface area (Å²) in [6, 6.07) is 7.68. The maximum Gasteiger partial charge on any atom is 0.420 e. The van der Waals surface area contributed by atoms with E-state index in [1.165, 1.54) is 18.3 Å². The summed E-state index contributed by atoms with van der Waals surface area (Å²) >= 11 is 0. The molecule has 0 amide bonds. The number of benzene rings is 2. The van der Waals surface area contributed by atoms with Gasteiger partial charge in [-0.05, 0) is 49.2 Å². The van der Waals surface area contributed by atoms with E-state index in [4.69, 9.17) is 4.74 Å². The molecule has 1 N–H and O–H groups in total. The van der Waals surface area contributed by atoms with E-state index in [1.807, 2.05) is 18.7 Å². The lowest BCUT2D eigenvalue weighted by Crippen LogP contribution is -2.27. The fourth-order valence-electron chi connectivity index (χ4n) is 3.40. The Morgan fingerprint density at radius 1 is 1.00 bits per heavy atom. The Morgan fingerprint density at radius 2 is 1.66 bits per heavy atom. The summed E-state index contributed by atoms with van der Waals surface area (Å²) in [5, 5.41) is 0. The van der Waals surface area contributed by atoms with Gasteiger partial charge in [0.2, 0.25) is 0 Å². The van der Waals surface area contributed by atoms with Gasteiger partial charge in [0.15, 0.2) is 5.75 Å². The number of anilines is 1. The van der Waals surface area contributed by atoms with Gasteiger partial charge in [-0.3, -0.25) is 0 Å². The number of nitrogens with one attached hydrogen (secondary N) is 1. The standard InChI is InChI=1S/C24H27F4N3O/c1-3-5-13-31(14-6-4-2)21-16-17(23-29-11-12-30-23)15-20(24(26,27)28)22(21)32-19-9-7-18(25)8-10-19/h7-12,15-16H,3-6,13-14H2,1-2H3,(H,29,30). The number of unbranched alkanes of at least 4 members (excludes halogenated alkanes) is 2. The highest BCUT2D eigenvalue weighted by atomic mass is 19.4. The molecule has 0 bridgehead atoms. The SMILES string of the molecule is CCCCN(CCCC)c1cc(-c2ncc[nH]2)cc(C(F)(F)F)c1Oc1ccc(F)cc1. The van der Waals surface area contributed by atoms with Crippen molar-refractivity contribution in [1.82, 2.24) is 9.97 Å². The molecule has 0 radical (unpaired) electrons. The van der Waals surface area contributed by atoms with E-state index in [-0.39, 0.29) is 11.5 Å². The van der Waals surface area contributed by atoms with Crippen LogP contribution in [-0.2, 0) is 6.18 Å². The molecule has 172 valence electrons. The largest absolute Gasteiger partial charge is 0.455 e. The normalized spacial score (nSPS) is 11.6. The van der Waals surface area contributed by atoms with Crippen LogP contribution in [0.4, 0.5) is 23.2 Å². The van der Waals surface area contributed by atoms with Crippen LogP contribution in [0.15, 0.2) is 48.8 Å². The highest BCUT2D eigenvalue weighted by Crippen LogP contribution is 2.46. The van der Waals surface area contributed by atoms with E-state index in [9.17, 15) is 17.6 Å². The van der Waals surface area contributed by atoms with Gasteiger partial charge >= 0.3 is 6.18 Å². The highest BCUT2D eigenvalue weighted by Gasteiger charge is 2.37. The molecule has 0 aliphatic rings. The lowest BCUT2D eigenvalue weighted by atomic mass is 10.0. The number of ether oxygens (including phenoxy) is 1. The molecule has 0 unspecified atom stereocenters. The van der Waals surface area contributed by atoms with E-state index in [1.54, 1.807) is 12.3 Å². The van der Waals surface area contributed by atoms with Gasteiger partial charge in [0.05, 0.1) is 5.69 Å². The topological polar surface area (TPSA) is 41.2 Å². The minimum absolute atomic E-state index is 0.134. The van der Waals surface area contributed by atoms with Gasteiger partial charge in [-0.1, -0.05) is 26.7 Å². The Bertz CT molecular complexity index is 978. The van der Waals surface area contributed by atoms with Gasteiger partial charge < -0.3 is 14.6 Å². The number of hydrogen-bond acceptors (Lipinski definition) is 3. The van der Waals surface area contributed by atoms with Crippen LogP contribution >= 0.6 is 0 Å². The molecule has 32 heavy (non-hydrogen) atoms. The summed E-state index contributed by atoms with van der Waals surface area (Å²) in [5.41, 5.74) is -0.233. The van der Waals surface area contributed by atoms with Crippen LogP contribution in [0.2, 0.25) is 0 Å². The van der Waals surface area contributed by atoms with E-state index in [0.29, 0.717) is 30.2 Å². The summed E-state index contributed by atoms with van der Waals surface area (Å²) < 4.78 is 61.7. The van der Waals surface area contributed by atoms with Crippen LogP contribution in [0.25, 0.3) is 11.4 Å². The smallest absolute Gasteiger partial charge is 0.420 e. The molecule has 8 heteroatoms. The number of nitrogens with zero attached hydrogens (tertiary/aromatic N) is 2. The van der Waals surface area contributed by atoms with Crippen LogP contribution in [0.3, 0.4) is 0 Å². The van der Waals surface area contributed by atoms with Crippen LogP contribution in [0.1, 0.15) is 45.1 Å². The molecule has 0 aliphatic heterocycles. The average molecular weight is 449 g/mol. The van der Waals surface area contributed by atoms with E-state index in [2.05, 4.69) is 9.97 Å². The molecule has 3 aromatic rings. The second kappa shape index (κ2) is 10.5. The van der Waals surface area contributed by atoms with Crippen LogP contribution in [-0.4, -0.2) is 23.1 Å². The van der Waals surface area contributed by atoms with Crippen LogP contribution in [0, 0.1) is 5.82 Å². The second-order valence-electron chi connectivity index (χ2n) is 7.56. The molecular formula is C24H27F4N3O. The zero-order chi connectivity index (χ0) is 23.1. The number of alkyl halides is 3. The molecule has 1 aromatic heterocycles. The number of rotatable bonds is 10. The van der Waals surface area contributed by atoms with Crippen molar-refractivity contribution in [2.45, 2.75) is 45.7 Å². The van der Waals surface area contributed by atoms with Crippen molar-refractivity contribution in [1.29, 1.82) is 0 Å². The van der Waals surface area contributed by atoms with Crippen molar-refractivity contribution in [3.8, 4) is 22.9 Å². The Balaban J connectivity index is 2.20. The predicted octanol–water partition coefficient (Wildman–Crippen LogP) is 7.43. The molecule has 0 saturated heterocycles. The van der Waals surface area contributed by atoms with Crippen molar-refractivity contribution in [3.05, 3.63) is 60.2 Å². The zero-order valence-electron chi connectivity index (χ0n) is 18.2. The van der Waals surface area contributed by atoms with E-state index in [0.717, 1.165) is 43.9 Å². The van der Waals surface area contributed by atoms with Gasteiger partial charge in [0.25, 0.3) is 0 Å². The molecular weight excluding hydrogens is 422 g/mol. The van der Waals surface area contributed by atoms with Gasteiger partial charge in [-0.2, -0.15) is 13.2 Å². The summed E-state index contributed by atoms with van der Waals surface area (Å²) in [6.07, 6.45) is 1.86. The lowest BCUT2D eigenvalue weighted by molar-refractivity contribution is -0.138. The van der Waals surface area contributed by atoms with Gasteiger partial charge in [0.1, 0.15) is 23.0 Å². The van der Waals surface area contributed by atoms with Crippen LogP contribution in [0.5, 0.6) is 11.5 Å². The third kappa shape index (κ3) is 5.81. The Hall–Kier alpha value is -3.03. The average Bonchev–Trinajstić information content (AvgIpc) is 3.30. The van der Waals surface area contributed by atoms with Gasteiger partial charge in [-0.15, -0.1) is 0 Å². The van der Waals surface area contributed by atoms with Crippen molar-refractivity contribution < 1.29 is 22.3 Å². The lowest BCUT2D eigenvalue weighted by Gasteiger charge is -2.29. The molecule has 3 rings (SSSR count). The Kier molecular flexibility index (Phi) is 7.77. The van der Waals surface area contributed by atoms with Crippen molar-refractivity contribution >= 4 is 5.69 Å². The number of imidazole rings is 1. The summed E-state index contributed by atoms with van der Waals surface area (Å²) in [4.78, 5) is 8.95. The highest BCUT2D eigenvalue weighted by molar-refractivity contribution is 5.73. The Labute approximate surface area is 185 Å². The first kappa shape index (κ1) is 23.6. The molecule has 0 atom stereocenters. The maximum atomic E-state index is 14.2. The quantitative estimate of drug-likeness (QED) is 0.327. The predicted molar refractivity (Wildman–Crippen MR) is 118 cm³/mol. The molecule has 0 fully saturated rings. The third-order valence-electron chi connectivity index (χ3n) is 5.08. The second-order valence-corrected chi connectivity index (χ2v) is 7.56. The maximum absolute atomic E-state index is 14.2. The number of H-pyrrole nitrogens is 1. The molecule has 0 spiro atoms. The molecule has 0 saturated carbocycles. The summed E-state index contributed by atoms with van der Waals surface area (Å²) in [7, 11) is 0. The first-order valence-corrected chi connectivity index (χ1v) is 10.8. The number of halogens is 4. The molecule has 1 heterocycles. The minimum atomic E-state index is -4.66. The fraction of sp³-hybridized carbons (Fsp3) is 0.375. The fourth-order valence-corrected chi connectivity index (χ4v) is 3.40. The number of aromatic amines is 1. The van der Waals surface area contributed by atoms with Crippen LogP contribution < -0.4 is 9.64 Å². The monoisotopic (exact) mass is 449 g/mol. The molecule has 0 aliphatic carbocycles. The van der Waals surface area contributed by atoms with Gasteiger partial charge in [-0.25, -0.2) is 9.37 Å². The summed E-state index contributed by atoms with van der Waals surface area (Å²) in [5.74, 6) is -0.299. The van der Waals surface area contributed by atoms with Crippen molar-refractivity contribution in [2.75, 3.05) is 18.0 Å². The number of hydrogen-bond donors (Lipinski definition) is 1. The minimum Gasteiger partial charge on any atom is -0.455 e. The van der Waals surface area contributed by atoms with E-state index < -0.39 is 17.6 Å². The van der Waals surface area contributed by atoms with Crippen molar-refractivity contribution in [2.24, 2.45) is 0 Å².